The van der Waals surface area contributed by atoms with Gasteiger partial charge in [0.15, 0.2) is 5.17 Å². The minimum Gasteiger partial charge on any atom is -0.373 e. The van der Waals surface area contributed by atoms with Crippen LogP contribution in [-0.2, 0) is 0 Å². The molecule has 0 fully saturated rings. The molecule has 0 amide bonds. The van der Waals surface area contributed by atoms with E-state index in [1.54, 1.807) is 11.8 Å². The number of para-hydroxylation sites is 1. The van der Waals surface area contributed by atoms with Gasteiger partial charge in [-0.15, -0.1) is 0 Å². The Hall–Kier alpha value is -1.00. The highest BCUT2D eigenvalue weighted by Gasteiger charge is 2.27. The topological polar surface area (TPSA) is 35.8 Å². The fourth-order valence-corrected chi connectivity index (χ4v) is 2.57. The molecular weight excluding hydrogens is 220 g/mol. The fourth-order valence-electron chi connectivity index (χ4n) is 1.86. The lowest BCUT2D eigenvalue weighted by molar-refractivity contribution is 0.162. The van der Waals surface area contributed by atoms with E-state index in [1.807, 2.05) is 48.4 Å². The summed E-state index contributed by atoms with van der Waals surface area (Å²) in [7, 11) is 0. The molecule has 0 radical (unpaired) electrons. The van der Waals surface area contributed by atoms with Crippen molar-refractivity contribution < 1.29 is 5.11 Å². The van der Waals surface area contributed by atoms with Crippen LogP contribution in [0, 0.1) is 0 Å². The van der Waals surface area contributed by atoms with Crippen molar-refractivity contribution in [2.75, 3.05) is 11.2 Å². The van der Waals surface area contributed by atoms with Gasteiger partial charge in [-0.3, -0.25) is 9.89 Å². The van der Waals surface area contributed by atoms with Gasteiger partial charge in [-0.1, -0.05) is 30.0 Å². The largest absolute Gasteiger partial charge is 0.373 e. The Labute approximate surface area is 100 Å². The van der Waals surface area contributed by atoms with Crippen LogP contribution >= 0.6 is 11.8 Å². The van der Waals surface area contributed by atoms with Crippen molar-refractivity contribution in [1.29, 1.82) is 0 Å². The van der Waals surface area contributed by atoms with E-state index in [0.717, 1.165) is 10.9 Å². The summed E-state index contributed by atoms with van der Waals surface area (Å²) in [5, 5.41) is 11.0. The molecule has 16 heavy (non-hydrogen) atoms. The lowest BCUT2D eigenvalue weighted by Gasteiger charge is -2.35. The van der Waals surface area contributed by atoms with Crippen molar-refractivity contribution in [2.24, 2.45) is 4.99 Å². The summed E-state index contributed by atoms with van der Waals surface area (Å²) in [5.74, 6) is 0. The molecule has 4 heteroatoms. The first-order valence-electron chi connectivity index (χ1n) is 5.36. The summed E-state index contributed by atoms with van der Waals surface area (Å²) in [5.41, 5.74) is 0.995. The number of amidine groups is 1. The van der Waals surface area contributed by atoms with Gasteiger partial charge in [0, 0.05) is 12.1 Å². The molecular formula is C12H16N2OS. The maximum Gasteiger partial charge on any atom is 0.165 e. The van der Waals surface area contributed by atoms with E-state index in [1.165, 1.54) is 0 Å². The number of aliphatic hydroxyl groups is 1. The van der Waals surface area contributed by atoms with E-state index in [2.05, 4.69) is 4.99 Å². The minimum atomic E-state index is -0.475. The molecule has 1 heterocycles. The van der Waals surface area contributed by atoms with Crippen molar-refractivity contribution in [3.8, 4) is 0 Å². The number of nitrogens with zero attached hydrogens (tertiary/aromatic N) is 2. The van der Waals surface area contributed by atoms with Crippen LogP contribution in [0.3, 0.4) is 0 Å². The summed E-state index contributed by atoms with van der Waals surface area (Å²) in [6.45, 7) is 2.03. The average molecular weight is 236 g/mol. The zero-order valence-electron chi connectivity index (χ0n) is 9.50. The van der Waals surface area contributed by atoms with Crippen molar-refractivity contribution in [3.05, 3.63) is 30.3 Å². The number of benzene rings is 1. The van der Waals surface area contributed by atoms with E-state index < -0.39 is 6.23 Å². The van der Waals surface area contributed by atoms with Crippen LogP contribution in [-0.4, -0.2) is 28.8 Å². The highest BCUT2D eigenvalue weighted by molar-refractivity contribution is 8.13. The number of hydrogen-bond acceptors (Lipinski definition) is 4. The standard InChI is InChI=1S/C12H16N2OS/c1-9-8-11(15)14(12(13-9)16-2)10-6-4-3-5-7-10/h3-7,9,11,15H,8H2,1-2H3/t9-,11-/m1/s1. The zero-order chi connectivity index (χ0) is 11.5. The second-order valence-corrected chi connectivity index (χ2v) is 4.66. The number of aliphatic hydroxyl groups excluding tert-OH is 1. The molecule has 1 aliphatic heterocycles. The Morgan fingerprint density at radius 1 is 1.38 bits per heavy atom. The minimum absolute atomic E-state index is 0.192. The highest BCUT2D eigenvalue weighted by atomic mass is 32.2. The number of rotatable bonds is 1. The van der Waals surface area contributed by atoms with Crippen LogP contribution in [0.25, 0.3) is 0 Å². The fraction of sp³-hybridized carbons (Fsp3) is 0.417. The smallest absolute Gasteiger partial charge is 0.165 e. The third kappa shape index (κ3) is 2.23. The number of thioether (sulfide) groups is 1. The first-order chi connectivity index (χ1) is 7.72. The lowest BCUT2D eigenvalue weighted by Crippen LogP contribution is -2.44. The molecule has 0 saturated heterocycles. The molecule has 0 aliphatic carbocycles. The average Bonchev–Trinajstić information content (AvgIpc) is 2.29. The third-order valence-electron chi connectivity index (χ3n) is 2.60. The summed E-state index contributed by atoms with van der Waals surface area (Å²) in [4.78, 5) is 6.45. The third-order valence-corrected chi connectivity index (χ3v) is 3.27. The van der Waals surface area contributed by atoms with E-state index in [4.69, 9.17) is 0 Å². The number of hydrogen-bond donors (Lipinski definition) is 1. The molecule has 1 aromatic rings. The summed E-state index contributed by atoms with van der Waals surface area (Å²) >= 11 is 1.57. The lowest BCUT2D eigenvalue weighted by atomic mass is 10.1. The predicted octanol–water partition coefficient (Wildman–Crippen LogP) is 2.32. The van der Waals surface area contributed by atoms with Crippen LogP contribution in [0.15, 0.2) is 35.3 Å². The maximum absolute atomic E-state index is 10.1. The van der Waals surface area contributed by atoms with E-state index >= 15 is 0 Å². The van der Waals surface area contributed by atoms with Crippen LogP contribution in [0.5, 0.6) is 0 Å². The first-order valence-corrected chi connectivity index (χ1v) is 6.59. The normalized spacial score (nSPS) is 25.4. The Morgan fingerprint density at radius 3 is 2.69 bits per heavy atom. The molecule has 1 aromatic carbocycles. The van der Waals surface area contributed by atoms with Crippen molar-refractivity contribution in [2.45, 2.75) is 25.6 Å². The van der Waals surface area contributed by atoms with Crippen molar-refractivity contribution >= 4 is 22.6 Å². The summed E-state index contributed by atoms with van der Waals surface area (Å²) in [6.07, 6.45) is 2.19. The molecule has 0 unspecified atom stereocenters. The van der Waals surface area contributed by atoms with Crippen LogP contribution in [0.4, 0.5) is 5.69 Å². The molecule has 0 bridgehead atoms. The molecule has 1 N–H and O–H groups in total. The highest BCUT2D eigenvalue weighted by Crippen LogP contribution is 2.26. The van der Waals surface area contributed by atoms with Gasteiger partial charge >= 0.3 is 0 Å². The number of aliphatic imine (C=N–C) groups is 1. The van der Waals surface area contributed by atoms with E-state index in [9.17, 15) is 5.11 Å². The van der Waals surface area contributed by atoms with Crippen LogP contribution < -0.4 is 4.90 Å². The Morgan fingerprint density at radius 2 is 2.06 bits per heavy atom. The molecule has 2 rings (SSSR count). The van der Waals surface area contributed by atoms with Crippen LogP contribution in [0.2, 0.25) is 0 Å². The van der Waals surface area contributed by atoms with E-state index in [0.29, 0.717) is 6.42 Å². The van der Waals surface area contributed by atoms with Gasteiger partial charge in [-0.2, -0.15) is 0 Å². The van der Waals surface area contributed by atoms with Crippen LogP contribution in [0.1, 0.15) is 13.3 Å². The Kier molecular flexibility index (Phi) is 3.51. The SMILES string of the molecule is CSC1=N[C@H](C)C[C@@H](O)N1c1ccccc1. The second kappa shape index (κ2) is 4.89. The molecule has 0 spiro atoms. The van der Waals surface area contributed by atoms with Gasteiger partial charge < -0.3 is 5.11 Å². The van der Waals surface area contributed by atoms with Gasteiger partial charge in [0.05, 0.1) is 6.04 Å². The Balaban J connectivity index is 2.35. The second-order valence-electron chi connectivity index (χ2n) is 3.89. The molecule has 86 valence electrons. The molecule has 1 aliphatic rings. The number of anilines is 1. The monoisotopic (exact) mass is 236 g/mol. The zero-order valence-corrected chi connectivity index (χ0v) is 10.3. The predicted molar refractivity (Wildman–Crippen MR) is 70.0 cm³/mol. The van der Waals surface area contributed by atoms with Crippen molar-refractivity contribution in [1.82, 2.24) is 0 Å². The van der Waals surface area contributed by atoms with Gasteiger partial charge in [-0.25, -0.2) is 0 Å². The maximum atomic E-state index is 10.1. The molecule has 3 nitrogen and oxygen atoms in total. The molecule has 0 aromatic heterocycles. The Bertz CT molecular complexity index is 380. The van der Waals surface area contributed by atoms with Gasteiger partial charge in [-0.05, 0) is 25.3 Å². The quantitative estimate of drug-likeness (QED) is 0.813. The van der Waals surface area contributed by atoms with Gasteiger partial charge in [0.2, 0.25) is 0 Å². The summed E-state index contributed by atoms with van der Waals surface area (Å²) in [6, 6.07) is 10.1. The van der Waals surface area contributed by atoms with Crippen molar-refractivity contribution in [3.63, 3.8) is 0 Å². The van der Waals surface area contributed by atoms with Gasteiger partial charge in [0.1, 0.15) is 6.23 Å². The van der Waals surface area contributed by atoms with Gasteiger partial charge in [0.25, 0.3) is 0 Å². The molecule has 2 atom stereocenters. The molecule has 0 saturated carbocycles. The first kappa shape index (κ1) is 11.5. The van der Waals surface area contributed by atoms with E-state index in [-0.39, 0.29) is 6.04 Å². The summed E-state index contributed by atoms with van der Waals surface area (Å²) < 4.78 is 0.